The summed E-state index contributed by atoms with van der Waals surface area (Å²) in [5.74, 6) is -3.61. The Morgan fingerprint density at radius 3 is 2.56 bits per heavy atom. The van der Waals surface area contributed by atoms with E-state index in [4.69, 9.17) is 18.9 Å². The molecule has 1 N–H and O–H groups in total. The molecule has 0 saturated carbocycles. The Hall–Kier alpha value is -3.95. The second-order valence-corrected chi connectivity index (χ2v) is 7.57. The number of aromatic nitrogens is 1. The number of nitrogens with zero attached hydrogens (tertiary/aromatic N) is 1. The molecule has 3 rings (SSSR count). The molecule has 10 nitrogen and oxygen atoms in total. The minimum absolute atomic E-state index is 0.103. The molecule has 179 valence electrons. The molecule has 1 aromatic heterocycles. The standard InChI is InChI=1S/C24H25N2O8/c1-14-11-17(12-16-7-5-4-6-8-16)23(29)32-13-18(24(30)33-14)26-22(28)20-21(34-15(2)27)19(31-3)9-10-25-20/h4-11,14,17-18H,12-13H2,1-3H3,(H,26,28)/t14-,17+,18-/m0/s1. The van der Waals surface area contributed by atoms with E-state index in [-0.39, 0.29) is 17.2 Å². The summed E-state index contributed by atoms with van der Waals surface area (Å²) in [6, 6.07) is 9.47. The number of rotatable bonds is 6. The molecule has 0 unspecified atom stereocenters. The van der Waals surface area contributed by atoms with Crippen molar-refractivity contribution in [3.63, 3.8) is 0 Å². The third-order valence-electron chi connectivity index (χ3n) is 4.94. The van der Waals surface area contributed by atoms with E-state index in [1.807, 2.05) is 30.3 Å². The zero-order valence-corrected chi connectivity index (χ0v) is 19.0. The molecule has 0 bridgehead atoms. The van der Waals surface area contributed by atoms with Gasteiger partial charge in [-0.1, -0.05) is 30.3 Å². The summed E-state index contributed by atoms with van der Waals surface area (Å²) >= 11 is 0. The minimum Gasteiger partial charge on any atom is -0.493 e. The lowest BCUT2D eigenvalue weighted by Gasteiger charge is -2.19. The van der Waals surface area contributed by atoms with Gasteiger partial charge < -0.3 is 24.3 Å². The highest BCUT2D eigenvalue weighted by Crippen LogP contribution is 2.29. The summed E-state index contributed by atoms with van der Waals surface area (Å²) in [6.07, 6.45) is 2.54. The molecule has 1 saturated heterocycles. The molecule has 34 heavy (non-hydrogen) atoms. The normalized spacial score (nSPS) is 20.6. The van der Waals surface area contributed by atoms with Gasteiger partial charge in [-0.2, -0.15) is 0 Å². The molecule has 1 aliphatic heterocycles. The molecule has 3 atom stereocenters. The first-order chi connectivity index (χ1) is 16.3. The molecule has 1 radical (unpaired) electrons. The average molecular weight is 469 g/mol. The van der Waals surface area contributed by atoms with E-state index in [2.05, 4.69) is 10.3 Å². The summed E-state index contributed by atoms with van der Waals surface area (Å²) in [6.45, 7) is 2.34. The maximum absolute atomic E-state index is 12.9. The van der Waals surface area contributed by atoms with Crippen LogP contribution in [0.3, 0.4) is 0 Å². The topological polar surface area (TPSA) is 130 Å². The van der Waals surface area contributed by atoms with Crippen molar-refractivity contribution in [1.82, 2.24) is 10.3 Å². The number of pyridine rings is 1. The Morgan fingerprint density at radius 1 is 1.15 bits per heavy atom. The number of esters is 3. The molecule has 2 heterocycles. The van der Waals surface area contributed by atoms with Gasteiger partial charge >= 0.3 is 17.9 Å². The SMILES string of the molecule is COc1ccnc(C(=O)N[C@H]2COC(=O)[C@@H](Cc3ccccc3)[CH][C@H](C)OC2=O)c1OC(C)=O. The van der Waals surface area contributed by atoms with E-state index in [0.717, 1.165) is 12.5 Å². The molecule has 1 amide bonds. The van der Waals surface area contributed by atoms with Crippen molar-refractivity contribution >= 4 is 23.8 Å². The van der Waals surface area contributed by atoms with Gasteiger partial charge in [-0.05, 0) is 18.9 Å². The van der Waals surface area contributed by atoms with E-state index >= 15 is 0 Å². The number of hydrogen-bond donors (Lipinski definition) is 1. The zero-order chi connectivity index (χ0) is 24.7. The summed E-state index contributed by atoms with van der Waals surface area (Å²) in [4.78, 5) is 53.7. The monoisotopic (exact) mass is 469 g/mol. The largest absolute Gasteiger partial charge is 0.493 e. The van der Waals surface area contributed by atoms with Gasteiger partial charge in [0.1, 0.15) is 12.7 Å². The molecule has 0 spiro atoms. The van der Waals surface area contributed by atoms with Crippen LogP contribution in [0.15, 0.2) is 42.6 Å². The van der Waals surface area contributed by atoms with Crippen molar-refractivity contribution in [3.8, 4) is 11.5 Å². The van der Waals surface area contributed by atoms with Crippen molar-refractivity contribution in [2.75, 3.05) is 13.7 Å². The first-order valence-corrected chi connectivity index (χ1v) is 10.6. The van der Waals surface area contributed by atoms with Crippen LogP contribution in [-0.4, -0.2) is 54.7 Å². The summed E-state index contributed by atoms with van der Waals surface area (Å²) in [7, 11) is 1.34. The molecular formula is C24H25N2O8. The smallest absolute Gasteiger partial charge is 0.332 e. The lowest BCUT2D eigenvalue weighted by atomic mass is 9.94. The summed E-state index contributed by atoms with van der Waals surface area (Å²) in [5.41, 5.74) is 0.639. The fraction of sp³-hybridized carbons (Fsp3) is 0.333. The van der Waals surface area contributed by atoms with Gasteiger partial charge in [0, 0.05) is 25.6 Å². The highest BCUT2D eigenvalue weighted by molar-refractivity contribution is 5.98. The molecule has 10 heteroatoms. The van der Waals surface area contributed by atoms with Gasteiger partial charge in [0.25, 0.3) is 5.91 Å². The van der Waals surface area contributed by atoms with Crippen LogP contribution in [0.5, 0.6) is 11.5 Å². The predicted octanol–water partition coefficient (Wildman–Crippen LogP) is 1.67. The third-order valence-corrected chi connectivity index (χ3v) is 4.94. The highest BCUT2D eigenvalue weighted by Gasteiger charge is 2.34. The average Bonchev–Trinajstić information content (AvgIpc) is 2.84. The van der Waals surface area contributed by atoms with Crippen LogP contribution >= 0.6 is 0 Å². The third kappa shape index (κ3) is 6.31. The Bertz CT molecular complexity index is 1060. The van der Waals surface area contributed by atoms with E-state index in [9.17, 15) is 19.2 Å². The Labute approximate surface area is 196 Å². The van der Waals surface area contributed by atoms with Crippen LogP contribution in [0.25, 0.3) is 0 Å². The Kier molecular flexibility index (Phi) is 8.18. The number of amides is 1. The zero-order valence-electron chi connectivity index (χ0n) is 19.0. The van der Waals surface area contributed by atoms with Crippen LogP contribution < -0.4 is 14.8 Å². The molecule has 2 aromatic rings. The number of benzene rings is 1. The lowest BCUT2D eigenvalue weighted by molar-refractivity contribution is -0.152. The molecular weight excluding hydrogens is 444 g/mol. The second-order valence-electron chi connectivity index (χ2n) is 7.57. The highest BCUT2D eigenvalue weighted by atomic mass is 16.6. The van der Waals surface area contributed by atoms with Crippen LogP contribution in [0.4, 0.5) is 0 Å². The van der Waals surface area contributed by atoms with Gasteiger partial charge in [-0.3, -0.25) is 14.4 Å². The van der Waals surface area contributed by atoms with Gasteiger partial charge in [-0.25, -0.2) is 9.78 Å². The molecule has 1 fully saturated rings. The first kappa shape index (κ1) is 24.7. The quantitative estimate of drug-likeness (QED) is 0.628. The Morgan fingerprint density at radius 2 is 1.88 bits per heavy atom. The fourth-order valence-electron chi connectivity index (χ4n) is 3.39. The fourth-order valence-corrected chi connectivity index (χ4v) is 3.39. The number of nitrogens with one attached hydrogen (secondary N) is 1. The Balaban J connectivity index is 1.77. The van der Waals surface area contributed by atoms with Crippen LogP contribution in [-0.2, 0) is 30.3 Å². The van der Waals surface area contributed by atoms with Crippen LogP contribution in [0.1, 0.15) is 29.9 Å². The summed E-state index contributed by atoms with van der Waals surface area (Å²) < 4.78 is 21.0. The van der Waals surface area contributed by atoms with Gasteiger partial charge in [-0.15, -0.1) is 0 Å². The van der Waals surface area contributed by atoms with Crippen molar-refractivity contribution in [2.45, 2.75) is 32.4 Å². The maximum Gasteiger partial charge on any atom is 0.332 e. The van der Waals surface area contributed by atoms with Gasteiger partial charge in [0.2, 0.25) is 5.75 Å². The lowest BCUT2D eigenvalue weighted by Crippen LogP contribution is -2.46. The number of hydrogen-bond acceptors (Lipinski definition) is 9. The molecule has 1 aliphatic rings. The summed E-state index contributed by atoms with van der Waals surface area (Å²) in [5, 5.41) is 2.44. The number of carbonyl (C=O) groups excluding carboxylic acids is 4. The van der Waals surface area contributed by atoms with E-state index in [1.165, 1.54) is 19.4 Å². The predicted molar refractivity (Wildman–Crippen MR) is 118 cm³/mol. The second kappa shape index (κ2) is 11.3. The van der Waals surface area contributed by atoms with Crippen molar-refractivity contribution in [3.05, 3.63) is 60.3 Å². The van der Waals surface area contributed by atoms with Crippen molar-refractivity contribution in [1.29, 1.82) is 0 Å². The van der Waals surface area contributed by atoms with E-state index < -0.39 is 48.5 Å². The van der Waals surface area contributed by atoms with Crippen molar-refractivity contribution in [2.24, 2.45) is 5.92 Å². The van der Waals surface area contributed by atoms with Gasteiger partial charge in [0.15, 0.2) is 17.5 Å². The van der Waals surface area contributed by atoms with E-state index in [1.54, 1.807) is 13.3 Å². The number of methoxy groups -OCH3 is 1. The van der Waals surface area contributed by atoms with Crippen LogP contribution in [0, 0.1) is 12.3 Å². The number of cyclic esters (lactones) is 2. The van der Waals surface area contributed by atoms with Crippen molar-refractivity contribution < 1.29 is 38.1 Å². The van der Waals surface area contributed by atoms with E-state index in [0.29, 0.717) is 6.42 Å². The number of carbonyl (C=O) groups is 4. The molecule has 0 aliphatic carbocycles. The van der Waals surface area contributed by atoms with Crippen LogP contribution in [0.2, 0.25) is 0 Å². The number of ether oxygens (including phenoxy) is 4. The maximum atomic E-state index is 12.9. The van der Waals surface area contributed by atoms with Gasteiger partial charge in [0.05, 0.1) is 13.0 Å². The molecule has 1 aromatic carbocycles. The first-order valence-electron chi connectivity index (χ1n) is 10.6. The minimum atomic E-state index is -1.30.